The molecule has 0 radical (unpaired) electrons. The number of carbonyl (C=O) groups excluding carboxylic acids is 2. The van der Waals surface area contributed by atoms with Crippen LogP contribution in [0.4, 0.5) is 5.69 Å². The molecule has 2 N–H and O–H groups in total. The normalized spacial score (nSPS) is 11.2. The van der Waals surface area contributed by atoms with E-state index in [0.717, 1.165) is 5.56 Å². The summed E-state index contributed by atoms with van der Waals surface area (Å²) in [6.07, 6.45) is 0.108. The summed E-state index contributed by atoms with van der Waals surface area (Å²) in [5.74, 6) is -1.75. The van der Waals surface area contributed by atoms with Crippen molar-refractivity contribution in [3.05, 3.63) is 98.0 Å². The van der Waals surface area contributed by atoms with Crippen LogP contribution in [0.25, 0.3) is 0 Å². The third kappa shape index (κ3) is 7.18. The van der Waals surface area contributed by atoms with E-state index >= 15 is 0 Å². The zero-order valence-electron chi connectivity index (χ0n) is 18.3. The first kappa shape index (κ1) is 28.6. The van der Waals surface area contributed by atoms with E-state index in [9.17, 15) is 14.7 Å². The quantitative estimate of drug-likeness (QED) is 0.351. The molecule has 0 aromatic heterocycles. The van der Waals surface area contributed by atoms with Crippen molar-refractivity contribution in [2.24, 2.45) is 0 Å². The van der Waals surface area contributed by atoms with E-state index in [1.807, 2.05) is 13.0 Å². The molecule has 0 aliphatic carbocycles. The molecule has 0 aliphatic heterocycles. The van der Waals surface area contributed by atoms with Crippen molar-refractivity contribution in [1.82, 2.24) is 5.32 Å². The molecule has 3 aromatic rings. The number of carboxylic acid groups (broad SMARTS) is 1. The van der Waals surface area contributed by atoms with Crippen LogP contribution in [0.3, 0.4) is 0 Å². The Kier molecular flexibility index (Phi) is 10.8. The Labute approximate surface area is 240 Å². The molecule has 170 valence electrons. The first-order chi connectivity index (χ1) is 15.7. The number of benzene rings is 3. The molecule has 1 atom stereocenters. The standard InChI is InChI=1S/C24H19Cl3N2O3S.Na/c1-13-4-2-5-16(25)20(13)23(33)29-19(24(31)32)12-14-8-10-15(11-9-14)28-22(30)21-17(26)6-3-7-18(21)27;/h2-11,19H,12H2,1H3,(H,28,30)(H,29,33)(H,31,32);/q;+1/p-1. The summed E-state index contributed by atoms with van der Waals surface area (Å²) in [4.78, 5) is 24.5. The molecule has 0 saturated heterocycles. The van der Waals surface area contributed by atoms with Crippen molar-refractivity contribution in [3.63, 3.8) is 0 Å². The number of hydrogen-bond donors (Lipinski definition) is 2. The summed E-state index contributed by atoms with van der Waals surface area (Å²) in [6.45, 7) is 1.84. The predicted octanol–water partition coefficient (Wildman–Crippen LogP) is 1.84. The minimum atomic E-state index is -1.30. The number of carboxylic acids is 1. The van der Waals surface area contributed by atoms with E-state index in [1.54, 1.807) is 54.6 Å². The fourth-order valence-electron chi connectivity index (χ4n) is 3.21. The van der Waals surface area contributed by atoms with Gasteiger partial charge in [-0.05, 0) is 54.8 Å². The molecular weight excluding hydrogens is 526 g/mol. The van der Waals surface area contributed by atoms with Gasteiger partial charge in [-0.15, -0.1) is 0 Å². The van der Waals surface area contributed by atoms with Crippen molar-refractivity contribution in [1.29, 1.82) is 0 Å². The molecule has 0 saturated carbocycles. The van der Waals surface area contributed by atoms with Crippen LogP contribution in [-0.4, -0.2) is 22.9 Å². The van der Waals surface area contributed by atoms with E-state index in [0.29, 0.717) is 21.8 Å². The van der Waals surface area contributed by atoms with E-state index in [1.165, 1.54) is 0 Å². The Hall–Kier alpha value is -1.64. The average molecular weight is 544 g/mol. The maximum absolute atomic E-state index is 12.5. The second kappa shape index (κ2) is 12.9. The van der Waals surface area contributed by atoms with Gasteiger partial charge in [-0.1, -0.05) is 77.4 Å². The third-order valence-electron chi connectivity index (χ3n) is 4.88. The number of aliphatic carboxylic acids is 1. The number of amides is 1. The number of anilines is 1. The number of halogens is 3. The number of hydrogen-bond acceptors (Lipinski definition) is 4. The fraction of sp³-hybridized carbons (Fsp3) is 0.125. The topological polar surface area (TPSA) is 81.3 Å². The van der Waals surface area contributed by atoms with E-state index in [2.05, 4.69) is 10.6 Å². The first-order valence-corrected chi connectivity index (χ1v) is 11.3. The number of carbonyl (C=O) groups is 2. The van der Waals surface area contributed by atoms with Gasteiger partial charge in [0.15, 0.2) is 0 Å². The van der Waals surface area contributed by atoms with Crippen LogP contribution in [0.1, 0.15) is 27.0 Å². The van der Waals surface area contributed by atoms with Crippen molar-refractivity contribution < 1.29 is 44.3 Å². The summed E-state index contributed by atoms with van der Waals surface area (Å²) in [6, 6.07) is 15.8. The van der Waals surface area contributed by atoms with Crippen LogP contribution in [0.5, 0.6) is 0 Å². The molecule has 1 unspecified atom stereocenters. The van der Waals surface area contributed by atoms with Gasteiger partial charge in [-0.3, -0.25) is 4.79 Å². The molecular formula is C24H18Cl3N2NaO3S. The molecule has 10 heteroatoms. The SMILES string of the molecule is Cc1cccc(Cl)c1C(=S)NC(Cc1ccc(NC(=O)c2c(Cl)cccc2Cl)cc1)C(=O)[O-].[Na+]. The zero-order chi connectivity index (χ0) is 24.1. The molecule has 34 heavy (non-hydrogen) atoms. The number of nitrogens with one attached hydrogen (secondary N) is 2. The van der Waals surface area contributed by atoms with Crippen LogP contribution in [0.2, 0.25) is 15.1 Å². The molecule has 0 fully saturated rings. The average Bonchev–Trinajstić information content (AvgIpc) is 2.74. The minimum Gasteiger partial charge on any atom is -0.548 e. The Morgan fingerprint density at radius 3 is 1.97 bits per heavy atom. The van der Waals surface area contributed by atoms with Gasteiger partial charge in [-0.2, -0.15) is 0 Å². The van der Waals surface area contributed by atoms with Crippen LogP contribution in [-0.2, 0) is 11.2 Å². The largest absolute Gasteiger partial charge is 1.00 e. The van der Waals surface area contributed by atoms with Crippen LogP contribution in [0, 0.1) is 6.92 Å². The van der Waals surface area contributed by atoms with Crippen LogP contribution in [0.15, 0.2) is 60.7 Å². The van der Waals surface area contributed by atoms with Gasteiger partial charge in [0.1, 0.15) is 4.99 Å². The van der Waals surface area contributed by atoms with Gasteiger partial charge in [0.25, 0.3) is 5.91 Å². The van der Waals surface area contributed by atoms with E-state index < -0.39 is 17.9 Å². The molecule has 0 spiro atoms. The van der Waals surface area contributed by atoms with Gasteiger partial charge >= 0.3 is 29.6 Å². The molecule has 0 heterocycles. The Bertz CT molecular complexity index is 1180. The van der Waals surface area contributed by atoms with Crippen molar-refractivity contribution in [2.75, 3.05) is 5.32 Å². The van der Waals surface area contributed by atoms with Gasteiger partial charge in [0.2, 0.25) is 0 Å². The summed E-state index contributed by atoms with van der Waals surface area (Å²) in [5.41, 5.74) is 2.78. The molecule has 5 nitrogen and oxygen atoms in total. The Morgan fingerprint density at radius 2 is 1.44 bits per heavy atom. The molecule has 3 rings (SSSR count). The zero-order valence-corrected chi connectivity index (χ0v) is 23.4. The maximum atomic E-state index is 12.5. The summed E-state index contributed by atoms with van der Waals surface area (Å²) >= 11 is 23.8. The number of rotatable bonds is 7. The Balaban J connectivity index is 0.00000408. The summed E-state index contributed by atoms with van der Waals surface area (Å²) in [5, 5.41) is 18.2. The van der Waals surface area contributed by atoms with Crippen LogP contribution >= 0.6 is 47.0 Å². The van der Waals surface area contributed by atoms with Gasteiger partial charge in [-0.25, -0.2) is 0 Å². The van der Waals surface area contributed by atoms with Gasteiger partial charge in [0, 0.05) is 11.3 Å². The first-order valence-electron chi connectivity index (χ1n) is 9.78. The van der Waals surface area contributed by atoms with E-state index in [4.69, 9.17) is 47.0 Å². The fourth-order valence-corrected chi connectivity index (χ4v) is 4.57. The van der Waals surface area contributed by atoms with Gasteiger partial charge < -0.3 is 20.5 Å². The van der Waals surface area contributed by atoms with Crippen LogP contribution < -0.4 is 45.3 Å². The molecule has 3 aromatic carbocycles. The van der Waals surface area contributed by atoms with Crippen molar-refractivity contribution >= 4 is 69.6 Å². The molecule has 1 amide bonds. The van der Waals surface area contributed by atoms with Crippen molar-refractivity contribution in [2.45, 2.75) is 19.4 Å². The molecule has 0 aliphatic rings. The van der Waals surface area contributed by atoms with Crippen molar-refractivity contribution in [3.8, 4) is 0 Å². The summed E-state index contributed by atoms with van der Waals surface area (Å²) < 4.78 is 0. The Morgan fingerprint density at radius 1 is 0.912 bits per heavy atom. The van der Waals surface area contributed by atoms with E-state index in [-0.39, 0.29) is 56.6 Å². The third-order valence-corrected chi connectivity index (χ3v) is 6.15. The minimum absolute atomic E-state index is 0. The predicted molar refractivity (Wildman–Crippen MR) is 134 cm³/mol. The second-order valence-corrected chi connectivity index (χ2v) is 8.86. The maximum Gasteiger partial charge on any atom is 1.00 e. The smallest absolute Gasteiger partial charge is 0.548 e. The number of thiocarbonyl (C=S) groups is 1. The second-order valence-electron chi connectivity index (χ2n) is 7.23. The summed E-state index contributed by atoms with van der Waals surface area (Å²) in [7, 11) is 0. The monoisotopic (exact) mass is 542 g/mol. The number of aryl methyl sites for hydroxylation is 1. The van der Waals surface area contributed by atoms with Gasteiger partial charge in [0.05, 0.1) is 32.6 Å². The molecule has 0 bridgehead atoms.